The predicted octanol–water partition coefficient (Wildman–Crippen LogP) is 2.29. The molecule has 0 spiro atoms. The molecule has 2 heteroatoms. The third-order valence-corrected chi connectivity index (χ3v) is 2.98. The number of hydrogen-bond donors (Lipinski definition) is 0. The van der Waals surface area contributed by atoms with Crippen molar-refractivity contribution in [2.24, 2.45) is 0 Å². The van der Waals surface area contributed by atoms with Crippen molar-refractivity contribution in [2.75, 3.05) is 19.8 Å². The zero-order chi connectivity index (χ0) is 9.68. The van der Waals surface area contributed by atoms with Gasteiger partial charge in [0.15, 0.2) is 0 Å². The molecule has 1 saturated heterocycles. The van der Waals surface area contributed by atoms with E-state index in [1.807, 2.05) is 0 Å². The van der Waals surface area contributed by atoms with E-state index in [4.69, 9.17) is 4.74 Å². The maximum Gasteiger partial charge on any atom is 0.0619 e. The lowest BCUT2D eigenvalue weighted by Crippen LogP contribution is -2.49. The molecule has 0 aromatic carbocycles. The molecule has 1 unspecified atom stereocenters. The van der Waals surface area contributed by atoms with E-state index in [9.17, 15) is 0 Å². The molecule has 1 fully saturated rings. The van der Waals surface area contributed by atoms with Crippen LogP contribution in [0.4, 0.5) is 0 Å². The maximum absolute atomic E-state index is 5.44. The zero-order valence-electron chi connectivity index (χ0n) is 9.25. The Morgan fingerprint density at radius 3 is 2.77 bits per heavy atom. The molecule has 1 rings (SSSR count). The predicted molar refractivity (Wildman–Crippen MR) is 56.0 cm³/mol. The minimum atomic E-state index is 0.616. The summed E-state index contributed by atoms with van der Waals surface area (Å²) < 4.78 is 5.44. The molecule has 0 N–H and O–H groups in total. The Balaban J connectivity index is 2.44. The van der Waals surface area contributed by atoms with Gasteiger partial charge in [0.1, 0.15) is 0 Å². The van der Waals surface area contributed by atoms with E-state index in [0.29, 0.717) is 6.04 Å². The standard InChI is InChI=1S/C11H23NO/c1-4-6-11(5-2)12-7-8-13-9-10(12)3/h10-11H,4-9H2,1-3H3/t10-,11?/m0/s1. The molecular weight excluding hydrogens is 162 g/mol. The Bertz CT molecular complexity index is 138. The van der Waals surface area contributed by atoms with Crippen LogP contribution in [0.5, 0.6) is 0 Å². The van der Waals surface area contributed by atoms with Gasteiger partial charge < -0.3 is 4.74 Å². The van der Waals surface area contributed by atoms with E-state index in [2.05, 4.69) is 25.7 Å². The van der Waals surface area contributed by atoms with Crippen LogP contribution in [0.3, 0.4) is 0 Å². The summed E-state index contributed by atoms with van der Waals surface area (Å²) in [5.41, 5.74) is 0. The summed E-state index contributed by atoms with van der Waals surface area (Å²) in [6.45, 7) is 9.80. The lowest BCUT2D eigenvalue weighted by molar-refractivity contribution is -0.0245. The van der Waals surface area contributed by atoms with Crippen molar-refractivity contribution >= 4 is 0 Å². The molecule has 0 aromatic rings. The van der Waals surface area contributed by atoms with Gasteiger partial charge >= 0.3 is 0 Å². The second-order valence-corrected chi connectivity index (χ2v) is 4.01. The van der Waals surface area contributed by atoms with Gasteiger partial charge in [-0.2, -0.15) is 0 Å². The molecule has 0 radical (unpaired) electrons. The molecule has 0 aromatic heterocycles. The van der Waals surface area contributed by atoms with E-state index in [1.54, 1.807) is 0 Å². The van der Waals surface area contributed by atoms with Crippen LogP contribution in [-0.2, 0) is 4.74 Å². The lowest BCUT2D eigenvalue weighted by Gasteiger charge is -2.39. The van der Waals surface area contributed by atoms with Crippen LogP contribution in [-0.4, -0.2) is 36.7 Å². The molecule has 13 heavy (non-hydrogen) atoms. The Labute approximate surface area is 82.3 Å². The first kappa shape index (κ1) is 11.0. The smallest absolute Gasteiger partial charge is 0.0619 e. The van der Waals surface area contributed by atoms with E-state index >= 15 is 0 Å². The summed E-state index contributed by atoms with van der Waals surface area (Å²) in [6.07, 6.45) is 3.90. The first-order chi connectivity index (χ1) is 6.29. The van der Waals surface area contributed by atoms with Crippen molar-refractivity contribution in [1.29, 1.82) is 0 Å². The molecule has 0 amide bonds. The van der Waals surface area contributed by atoms with Crippen molar-refractivity contribution in [3.05, 3.63) is 0 Å². The number of rotatable bonds is 4. The van der Waals surface area contributed by atoms with Crippen LogP contribution in [0.2, 0.25) is 0 Å². The maximum atomic E-state index is 5.44. The Hall–Kier alpha value is -0.0800. The summed E-state index contributed by atoms with van der Waals surface area (Å²) in [5, 5.41) is 0. The van der Waals surface area contributed by atoms with Gasteiger partial charge in [-0.3, -0.25) is 4.90 Å². The fourth-order valence-corrected chi connectivity index (χ4v) is 2.22. The van der Waals surface area contributed by atoms with Crippen LogP contribution in [0, 0.1) is 0 Å². The quantitative estimate of drug-likeness (QED) is 0.666. The Kier molecular flexibility index (Phi) is 4.74. The Morgan fingerprint density at radius 1 is 1.46 bits per heavy atom. The molecule has 1 heterocycles. The van der Waals surface area contributed by atoms with Gasteiger partial charge in [0.25, 0.3) is 0 Å². The monoisotopic (exact) mass is 185 g/mol. The van der Waals surface area contributed by atoms with Crippen molar-refractivity contribution in [3.8, 4) is 0 Å². The molecule has 2 nitrogen and oxygen atoms in total. The fraction of sp³-hybridized carbons (Fsp3) is 1.00. The number of hydrogen-bond acceptors (Lipinski definition) is 2. The summed E-state index contributed by atoms with van der Waals surface area (Å²) in [5.74, 6) is 0. The molecule has 0 bridgehead atoms. The van der Waals surface area contributed by atoms with Crippen LogP contribution in [0.15, 0.2) is 0 Å². The fourth-order valence-electron chi connectivity index (χ4n) is 2.22. The molecular formula is C11H23NO. The Morgan fingerprint density at radius 2 is 2.23 bits per heavy atom. The minimum Gasteiger partial charge on any atom is -0.379 e. The highest BCUT2D eigenvalue weighted by Gasteiger charge is 2.24. The molecule has 1 aliphatic heterocycles. The van der Waals surface area contributed by atoms with Gasteiger partial charge in [-0.15, -0.1) is 0 Å². The lowest BCUT2D eigenvalue weighted by atomic mass is 10.0. The number of nitrogens with zero attached hydrogens (tertiary/aromatic N) is 1. The van der Waals surface area contributed by atoms with E-state index in [0.717, 1.165) is 25.8 Å². The second-order valence-electron chi connectivity index (χ2n) is 4.01. The van der Waals surface area contributed by atoms with E-state index in [-0.39, 0.29) is 0 Å². The summed E-state index contributed by atoms with van der Waals surface area (Å²) in [6, 6.07) is 1.40. The first-order valence-electron chi connectivity index (χ1n) is 5.63. The summed E-state index contributed by atoms with van der Waals surface area (Å²) in [7, 11) is 0. The number of ether oxygens (including phenoxy) is 1. The first-order valence-corrected chi connectivity index (χ1v) is 5.63. The zero-order valence-corrected chi connectivity index (χ0v) is 9.25. The highest BCUT2D eigenvalue weighted by Crippen LogP contribution is 2.16. The topological polar surface area (TPSA) is 12.5 Å². The number of morpholine rings is 1. The van der Waals surface area contributed by atoms with Crippen molar-refractivity contribution in [3.63, 3.8) is 0 Å². The SMILES string of the molecule is CCCC(CC)N1CCOC[C@@H]1C. The molecule has 0 aliphatic carbocycles. The molecule has 78 valence electrons. The average molecular weight is 185 g/mol. The molecule has 1 aliphatic rings. The highest BCUT2D eigenvalue weighted by atomic mass is 16.5. The molecule has 2 atom stereocenters. The normalized spacial score (nSPS) is 27.5. The minimum absolute atomic E-state index is 0.616. The van der Waals surface area contributed by atoms with Gasteiger partial charge in [0.05, 0.1) is 13.2 Å². The van der Waals surface area contributed by atoms with Crippen LogP contribution in [0.25, 0.3) is 0 Å². The third kappa shape index (κ3) is 2.96. The van der Waals surface area contributed by atoms with Crippen molar-refractivity contribution < 1.29 is 4.74 Å². The van der Waals surface area contributed by atoms with Gasteiger partial charge in [0.2, 0.25) is 0 Å². The summed E-state index contributed by atoms with van der Waals surface area (Å²) >= 11 is 0. The van der Waals surface area contributed by atoms with Crippen LogP contribution in [0.1, 0.15) is 40.0 Å². The van der Waals surface area contributed by atoms with Gasteiger partial charge in [-0.1, -0.05) is 20.3 Å². The largest absolute Gasteiger partial charge is 0.379 e. The van der Waals surface area contributed by atoms with Gasteiger partial charge in [0, 0.05) is 18.6 Å². The van der Waals surface area contributed by atoms with Crippen LogP contribution < -0.4 is 0 Å². The second kappa shape index (κ2) is 5.61. The summed E-state index contributed by atoms with van der Waals surface area (Å²) in [4.78, 5) is 2.62. The van der Waals surface area contributed by atoms with E-state index < -0.39 is 0 Å². The van der Waals surface area contributed by atoms with E-state index in [1.165, 1.54) is 19.3 Å². The van der Waals surface area contributed by atoms with Gasteiger partial charge in [-0.05, 0) is 19.8 Å². The average Bonchev–Trinajstić information content (AvgIpc) is 2.16. The van der Waals surface area contributed by atoms with Gasteiger partial charge in [-0.25, -0.2) is 0 Å². The highest BCUT2D eigenvalue weighted by molar-refractivity contribution is 4.78. The molecule has 0 saturated carbocycles. The van der Waals surface area contributed by atoms with Crippen LogP contribution >= 0.6 is 0 Å². The van der Waals surface area contributed by atoms with Crippen molar-refractivity contribution in [2.45, 2.75) is 52.1 Å². The third-order valence-electron chi connectivity index (χ3n) is 2.98. The van der Waals surface area contributed by atoms with Crippen molar-refractivity contribution in [1.82, 2.24) is 4.90 Å².